The van der Waals surface area contributed by atoms with E-state index in [9.17, 15) is 0 Å². The van der Waals surface area contributed by atoms with E-state index < -0.39 is 0 Å². The van der Waals surface area contributed by atoms with Gasteiger partial charge in [-0.3, -0.25) is 0 Å². The van der Waals surface area contributed by atoms with Gasteiger partial charge in [0.25, 0.3) is 0 Å². The highest BCUT2D eigenvalue weighted by atomic mass is 32.1. The van der Waals surface area contributed by atoms with Crippen LogP contribution >= 0.6 is 12.2 Å². The molecular formula is C10H8N4S. The minimum absolute atomic E-state index is 0.274. The van der Waals surface area contributed by atoms with E-state index in [4.69, 9.17) is 29.8 Å². The number of aromatic amines is 1. The molecule has 5 heteroatoms. The third-order valence-corrected chi connectivity index (χ3v) is 2.77. The second-order valence-electron chi connectivity index (χ2n) is 3.50. The van der Waals surface area contributed by atoms with Gasteiger partial charge in [-0.05, 0) is 24.3 Å². The SMILES string of the molecule is [C-]#[N+]c1c(N)[nH]c(=S)c(C#N)c1C1CC1. The summed E-state index contributed by atoms with van der Waals surface area (Å²) in [4.78, 5) is 6.07. The summed E-state index contributed by atoms with van der Waals surface area (Å²) in [5.41, 5.74) is 7.19. The molecule has 0 atom stereocenters. The lowest BCUT2D eigenvalue weighted by atomic mass is 10.0. The summed E-state index contributed by atoms with van der Waals surface area (Å²) in [7, 11) is 0. The molecule has 0 aromatic carbocycles. The smallest absolute Gasteiger partial charge is 0.230 e. The van der Waals surface area contributed by atoms with Gasteiger partial charge < -0.3 is 10.7 Å². The zero-order chi connectivity index (χ0) is 11.0. The third-order valence-electron chi connectivity index (χ3n) is 2.46. The molecule has 0 amide bonds. The molecule has 1 aliphatic carbocycles. The van der Waals surface area contributed by atoms with Crippen molar-refractivity contribution in [2.75, 3.05) is 5.73 Å². The van der Waals surface area contributed by atoms with Crippen LogP contribution in [0, 0.1) is 22.5 Å². The number of nitrogens with two attached hydrogens (primary N) is 1. The van der Waals surface area contributed by atoms with E-state index in [2.05, 4.69) is 15.9 Å². The maximum absolute atomic E-state index is 9.01. The lowest BCUT2D eigenvalue weighted by Gasteiger charge is -2.07. The number of nitriles is 1. The van der Waals surface area contributed by atoms with Crippen LogP contribution in [0.4, 0.5) is 11.5 Å². The fourth-order valence-electron chi connectivity index (χ4n) is 1.63. The Labute approximate surface area is 92.2 Å². The molecule has 2 rings (SSSR count). The largest absolute Gasteiger partial charge is 0.394 e. The molecule has 1 fully saturated rings. The molecule has 0 saturated heterocycles. The van der Waals surface area contributed by atoms with Crippen LogP contribution in [0.3, 0.4) is 0 Å². The monoisotopic (exact) mass is 216 g/mol. The van der Waals surface area contributed by atoms with Crippen molar-refractivity contribution in [2.45, 2.75) is 18.8 Å². The zero-order valence-corrected chi connectivity index (χ0v) is 8.69. The molecule has 0 unspecified atom stereocenters. The number of nitrogens with one attached hydrogen (secondary N) is 1. The lowest BCUT2D eigenvalue weighted by Crippen LogP contribution is -1.98. The van der Waals surface area contributed by atoms with Gasteiger partial charge in [-0.2, -0.15) is 5.26 Å². The molecule has 1 saturated carbocycles. The summed E-state index contributed by atoms with van der Waals surface area (Å²) in [5.74, 6) is 0.568. The number of hydrogen-bond acceptors (Lipinski definition) is 3. The second kappa shape index (κ2) is 3.38. The summed E-state index contributed by atoms with van der Waals surface area (Å²) < 4.78 is 0.337. The highest BCUT2D eigenvalue weighted by molar-refractivity contribution is 7.71. The first-order valence-electron chi connectivity index (χ1n) is 4.52. The molecule has 4 nitrogen and oxygen atoms in total. The highest BCUT2D eigenvalue weighted by Gasteiger charge is 2.30. The molecule has 1 aromatic heterocycles. The lowest BCUT2D eigenvalue weighted by molar-refractivity contribution is 1.10. The van der Waals surface area contributed by atoms with Crippen LogP contribution in [0.2, 0.25) is 0 Å². The van der Waals surface area contributed by atoms with Crippen LogP contribution in [-0.2, 0) is 0 Å². The van der Waals surface area contributed by atoms with Crippen molar-refractivity contribution in [2.24, 2.45) is 0 Å². The quantitative estimate of drug-likeness (QED) is 0.560. The number of H-pyrrole nitrogens is 1. The van der Waals surface area contributed by atoms with Gasteiger partial charge in [0, 0.05) is 0 Å². The number of aromatic nitrogens is 1. The topological polar surface area (TPSA) is 70.0 Å². The van der Waals surface area contributed by atoms with Gasteiger partial charge in [-0.1, -0.05) is 12.2 Å². The Morgan fingerprint density at radius 3 is 2.73 bits per heavy atom. The minimum Gasteiger partial charge on any atom is -0.394 e. The molecule has 1 aliphatic rings. The average molecular weight is 216 g/mol. The molecule has 1 heterocycles. The van der Waals surface area contributed by atoms with Crippen LogP contribution in [0.5, 0.6) is 0 Å². The van der Waals surface area contributed by atoms with Crippen LogP contribution in [0.25, 0.3) is 4.85 Å². The number of anilines is 1. The summed E-state index contributed by atoms with van der Waals surface area (Å²) in [5, 5.41) is 9.01. The average Bonchev–Trinajstić information content (AvgIpc) is 3.00. The Morgan fingerprint density at radius 2 is 2.27 bits per heavy atom. The second-order valence-corrected chi connectivity index (χ2v) is 3.91. The first-order chi connectivity index (χ1) is 7.19. The Bertz CT molecular complexity index is 555. The van der Waals surface area contributed by atoms with Crippen molar-refractivity contribution in [3.63, 3.8) is 0 Å². The van der Waals surface area contributed by atoms with E-state index in [1.165, 1.54) is 0 Å². The van der Waals surface area contributed by atoms with E-state index in [1.54, 1.807) is 0 Å². The summed E-state index contributed by atoms with van der Waals surface area (Å²) in [6.45, 7) is 7.07. The first kappa shape index (κ1) is 9.70. The fraction of sp³-hybridized carbons (Fsp3) is 0.300. The number of pyridine rings is 1. The van der Waals surface area contributed by atoms with Crippen molar-refractivity contribution >= 4 is 23.7 Å². The van der Waals surface area contributed by atoms with Gasteiger partial charge >= 0.3 is 0 Å². The number of hydrogen-bond donors (Lipinski definition) is 2. The van der Waals surface area contributed by atoms with E-state index in [1.807, 2.05) is 0 Å². The van der Waals surface area contributed by atoms with Gasteiger partial charge in [-0.15, -0.1) is 0 Å². The molecule has 74 valence electrons. The predicted octanol–water partition coefficient (Wildman–Crippen LogP) is 2.63. The molecular weight excluding hydrogens is 208 g/mol. The Morgan fingerprint density at radius 1 is 1.60 bits per heavy atom. The maximum atomic E-state index is 9.01. The van der Waals surface area contributed by atoms with Gasteiger partial charge in [0.1, 0.15) is 16.5 Å². The highest BCUT2D eigenvalue weighted by Crippen LogP contribution is 2.47. The summed E-state index contributed by atoms with van der Waals surface area (Å²) in [6.07, 6.45) is 2.02. The Hall–Kier alpha value is -1.85. The number of nitrogens with zero attached hydrogens (tertiary/aromatic N) is 2. The van der Waals surface area contributed by atoms with Gasteiger partial charge in [-0.25, -0.2) is 4.85 Å². The van der Waals surface area contributed by atoms with Crippen molar-refractivity contribution < 1.29 is 0 Å². The van der Waals surface area contributed by atoms with Gasteiger partial charge in [0.15, 0.2) is 0 Å². The first-order valence-corrected chi connectivity index (χ1v) is 4.93. The van der Waals surface area contributed by atoms with E-state index in [0.29, 0.717) is 21.8 Å². The zero-order valence-electron chi connectivity index (χ0n) is 7.87. The van der Waals surface area contributed by atoms with E-state index in [-0.39, 0.29) is 5.82 Å². The van der Waals surface area contributed by atoms with Crippen molar-refractivity contribution in [1.82, 2.24) is 4.98 Å². The summed E-state index contributed by atoms with van der Waals surface area (Å²) >= 11 is 5.02. The molecule has 0 bridgehead atoms. The molecule has 3 N–H and O–H groups in total. The van der Waals surface area contributed by atoms with Gasteiger partial charge in [0.05, 0.1) is 12.1 Å². The Balaban J connectivity index is 2.82. The number of nitrogen functional groups attached to an aromatic ring is 1. The molecule has 1 aromatic rings. The van der Waals surface area contributed by atoms with Crippen molar-refractivity contribution in [3.8, 4) is 6.07 Å². The van der Waals surface area contributed by atoms with Crippen molar-refractivity contribution in [3.05, 3.63) is 27.2 Å². The molecule has 0 spiro atoms. The van der Waals surface area contributed by atoms with Crippen LogP contribution < -0.4 is 5.73 Å². The minimum atomic E-state index is 0.274. The molecule has 15 heavy (non-hydrogen) atoms. The Kier molecular flexibility index (Phi) is 2.18. The van der Waals surface area contributed by atoms with Crippen LogP contribution in [0.15, 0.2) is 0 Å². The predicted molar refractivity (Wildman–Crippen MR) is 59.0 cm³/mol. The standard InChI is InChI=1S/C10H8N4S/c1-13-8-7(5-2-3-5)6(4-11)10(15)14-9(8)12/h5H,2-3H2,(H3,12,14,15). The maximum Gasteiger partial charge on any atom is 0.230 e. The fourth-order valence-corrected chi connectivity index (χ4v) is 1.90. The molecule has 0 aliphatic heterocycles. The number of rotatable bonds is 1. The molecule has 0 radical (unpaired) electrons. The van der Waals surface area contributed by atoms with Gasteiger partial charge in [0.2, 0.25) is 5.69 Å². The van der Waals surface area contributed by atoms with Crippen molar-refractivity contribution in [1.29, 1.82) is 5.26 Å². The van der Waals surface area contributed by atoms with Crippen LogP contribution in [-0.4, -0.2) is 4.98 Å². The third kappa shape index (κ3) is 1.47. The normalized spacial score (nSPS) is 14.3. The van der Waals surface area contributed by atoms with Crippen LogP contribution in [0.1, 0.15) is 29.9 Å². The summed E-state index contributed by atoms with van der Waals surface area (Å²) in [6, 6.07) is 2.05. The van der Waals surface area contributed by atoms with E-state index >= 15 is 0 Å². The van der Waals surface area contributed by atoms with E-state index in [0.717, 1.165) is 18.4 Å².